The molecule has 0 aliphatic carbocycles. The molecule has 0 atom stereocenters. The maximum absolute atomic E-state index is 4.16. The summed E-state index contributed by atoms with van der Waals surface area (Å²) in [5.74, 6) is 0. The highest BCUT2D eigenvalue weighted by molar-refractivity contribution is 9.10. The van der Waals surface area contributed by atoms with E-state index in [1.165, 1.54) is 5.01 Å². The molecule has 0 spiro atoms. The van der Waals surface area contributed by atoms with Crippen LogP contribution in [0.1, 0.15) is 11.9 Å². The number of hydrogen-bond donors (Lipinski definition) is 0. The molecular formula is C5H6BrNS. The van der Waals surface area contributed by atoms with E-state index in [0.29, 0.717) is 0 Å². The first kappa shape index (κ1) is 6.23. The fraction of sp³-hybridized carbons (Fsp3) is 0.400. The zero-order valence-corrected chi connectivity index (χ0v) is 6.92. The van der Waals surface area contributed by atoms with Crippen LogP contribution in [0.25, 0.3) is 0 Å². The highest BCUT2D eigenvalue weighted by Crippen LogP contribution is 2.14. The fourth-order valence-corrected chi connectivity index (χ4v) is 1.67. The Morgan fingerprint density at radius 3 is 2.88 bits per heavy atom. The smallest absolute Gasteiger partial charge is 0.117 e. The number of nitrogens with zero attached hydrogens (tertiary/aromatic N) is 1. The summed E-state index contributed by atoms with van der Waals surface area (Å²) in [5.41, 5.74) is 0. The third kappa shape index (κ3) is 1.29. The fourth-order valence-electron chi connectivity index (χ4n) is 0.451. The van der Waals surface area contributed by atoms with Crippen molar-refractivity contribution in [3.8, 4) is 0 Å². The Kier molecular flexibility index (Phi) is 2.02. The Morgan fingerprint density at radius 2 is 2.62 bits per heavy atom. The van der Waals surface area contributed by atoms with Gasteiger partial charge in [-0.3, -0.25) is 0 Å². The Hall–Kier alpha value is 0.110. The number of hydrogen-bond acceptors (Lipinski definition) is 2. The van der Waals surface area contributed by atoms with E-state index in [9.17, 15) is 0 Å². The summed E-state index contributed by atoms with van der Waals surface area (Å²) >= 11 is 4.96. The molecule has 0 saturated carbocycles. The molecule has 0 bridgehead atoms. The third-order valence-electron chi connectivity index (χ3n) is 0.826. The normalized spacial score (nSPS) is 9.75. The van der Waals surface area contributed by atoms with Crippen molar-refractivity contribution in [3.63, 3.8) is 0 Å². The molecule has 44 valence electrons. The molecule has 1 rings (SSSR count). The van der Waals surface area contributed by atoms with E-state index in [-0.39, 0.29) is 0 Å². The van der Waals surface area contributed by atoms with Gasteiger partial charge in [0.15, 0.2) is 0 Å². The number of halogens is 1. The Morgan fingerprint density at radius 1 is 1.88 bits per heavy atom. The molecule has 1 aromatic heterocycles. The maximum atomic E-state index is 4.16. The standard InChI is InChI=1S/C5H6BrNS/c1-2-5-7-4(6)3-8-5/h3H,2H2,1H3. The quantitative estimate of drug-likeness (QED) is 0.665. The number of rotatable bonds is 1. The van der Waals surface area contributed by atoms with Crippen molar-refractivity contribution in [1.82, 2.24) is 4.98 Å². The molecule has 0 aliphatic heterocycles. The minimum atomic E-state index is 0.958. The molecule has 1 nitrogen and oxygen atoms in total. The number of aromatic nitrogens is 1. The minimum absolute atomic E-state index is 0.958. The largest absolute Gasteiger partial charge is 0.234 e. The lowest BCUT2D eigenvalue weighted by Gasteiger charge is -1.78. The molecule has 0 unspecified atom stereocenters. The first-order valence-corrected chi connectivity index (χ1v) is 4.10. The summed E-state index contributed by atoms with van der Waals surface area (Å²) in [7, 11) is 0. The van der Waals surface area contributed by atoms with Crippen molar-refractivity contribution >= 4 is 27.3 Å². The zero-order chi connectivity index (χ0) is 5.98. The van der Waals surface area contributed by atoms with Gasteiger partial charge in [0.2, 0.25) is 0 Å². The van der Waals surface area contributed by atoms with Crippen LogP contribution in [0, 0.1) is 0 Å². The molecule has 0 radical (unpaired) electrons. The first-order chi connectivity index (χ1) is 3.83. The van der Waals surface area contributed by atoms with E-state index in [4.69, 9.17) is 0 Å². The van der Waals surface area contributed by atoms with Gasteiger partial charge in [-0.05, 0) is 22.4 Å². The predicted molar refractivity (Wildman–Crippen MR) is 39.2 cm³/mol. The highest BCUT2D eigenvalue weighted by atomic mass is 79.9. The van der Waals surface area contributed by atoms with Gasteiger partial charge in [-0.15, -0.1) is 11.3 Å². The molecule has 1 heterocycles. The lowest BCUT2D eigenvalue weighted by molar-refractivity contribution is 1.08. The summed E-state index contributed by atoms with van der Waals surface area (Å²) in [4.78, 5) is 4.16. The van der Waals surface area contributed by atoms with E-state index in [1.807, 2.05) is 5.38 Å². The average molecular weight is 192 g/mol. The van der Waals surface area contributed by atoms with Crippen molar-refractivity contribution in [2.75, 3.05) is 0 Å². The van der Waals surface area contributed by atoms with E-state index >= 15 is 0 Å². The van der Waals surface area contributed by atoms with Crippen LogP contribution in [0.3, 0.4) is 0 Å². The van der Waals surface area contributed by atoms with Crippen molar-refractivity contribution < 1.29 is 0 Å². The van der Waals surface area contributed by atoms with Gasteiger partial charge in [0, 0.05) is 5.38 Å². The van der Waals surface area contributed by atoms with Crippen LogP contribution >= 0.6 is 27.3 Å². The molecule has 3 heteroatoms. The molecular weight excluding hydrogens is 186 g/mol. The number of thiazole rings is 1. The summed E-state index contributed by atoms with van der Waals surface area (Å²) in [6.07, 6.45) is 1.04. The topological polar surface area (TPSA) is 12.9 Å². The van der Waals surface area contributed by atoms with Gasteiger partial charge in [0.05, 0.1) is 5.01 Å². The molecule has 1 aromatic rings. The van der Waals surface area contributed by atoms with E-state index < -0.39 is 0 Å². The second kappa shape index (κ2) is 2.60. The van der Waals surface area contributed by atoms with E-state index in [0.717, 1.165) is 11.0 Å². The summed E-state index contributed by atoms with van der Waals surface area (Å²) in [5, 5.41) is 3.19. The van der Waals surface area contributed by atoms with Crippen LogP contribution in [0.4, 0.5) is 0 Å². The highest BCUT2D eigenvalue weighted by Gasteiger charge is 1.92. The lowest BCUT2D eigenvalue weighted by Crippen LogP contribution is -1.72. The first-order valence-electron chi connectivity index (χ1n) is 2.43. The maximum Gasteiger partial charge on any atom is 0.117 e. The monoisotopic (exact) mass is 191 g/mol. The van der Waals surface area contributed by atoms with Crippen molar-refractivity contribution in [2.24, 2.45) is 0 Å². The van der Waals surface area contributed by atoms with E-state index in [2.05, 4.69) is 27.8 Å². The van der Waals surface area contributed by atoms with Crippen molar-refractivity contribution in [3.05, 3.63) is 15.0 Å². The van der Waals surface area contributed by atoms with Crippen LogP contribution in [-0.2, 0) is 6.42 Å². The Bertz CT molecular complexity index is 173. The van der Waals surface area contributed by atoms with Crippen molar-refractivity contribution in [1.29, 1.82) is 0 Å². The molecule has 0 N–H and O–H groups in total. The van der Waals surface area contributed by atoms with Gasteiger partial charge in [0.1, 0.15) is 4.60 Å². The van der Waals surface area contributed by atoms with Gasteiger partial charge in [0.25, 0.3) is 0 Å². The van der Waals surface area contributed by atoms with E-state index in [1.54, 1.807) is 11.3 Å². The molecule has 0 saturated heterocycles. The Labute approximate surface area is 60.9 Å². The van der Waals surface area contributed by atoms with Crippen LogP contribution in [0.15, 0.2) is 9.98 Å². The average Bonchev–Trinajstić information content (AvgIpc) is 2.14. The summed E-state index contributed by atoms with van der Waals surface area (Å²) in [6, 6.07) is 0. The van der Waals surface area contributed by atoms with Gasteiger partial charge >= 0.3 is 0 Å². The lowest BCUT2D eigenvalue weighted by atomic mass is 10.5. The second-order valence-corrected chi connectivity index (χ2v) is 3.17. The van der Waals surface area contributed by atoms with Gasteiger partial charge in [-0.1, -0.05) is 6.92 Å². The minimum Gasteiger partial charge on any atom is -0.234 e. The van der Waals surface area contributed by atoms with Gasteiger partial charge < -0.3 is 0 Å². The zero-order valence-electron chi connectivity index (χ0n) is 4.52. The van der Waals surface area contributed by atoms with Crippen LogP contribution in [-0.4, -0.2) is 4.98 Å². The van der Waals surface area contributed by atoms with Crippen molar-refractivity contribution in [2.45, 2.75) is 13.3 Å². The Balaban J connectivity index is 2.84. The molecule has 0 aliphatic rings. The summed E-state index contributed by atoms with van der Waals surface area (Å²) < 4.78 is 0.958. The molecule has 0 aromatic carbocycles. The second-order valence-electron chi connectivity index (χ2n) is 1.42. The molecule has 0 fully saturated rings. The van der Waals surface area contributed by atoms with Gasteiger partial charge in [-0.25, -0.2) is 4.98 Å². The molecule has 0 amide bonds. The van der Waals surface area contributed by atoms with Crippen LogP contribution in [0.2, 0.25) is 0 Å². The predicted octanol–water partition coefficient (Wildman–Crippen LogP) is 2.47. The third-order valence-corrected chi connectivity index (χ3v) is 2.53. The van der Waals surface area contributed by atoms with Gasteiger partial charge in [-0.2, -0.15) is 0 Å². The molecule has 8 heavy (non-hydrogen) atoms. The van der Waals surface area contributed by atoms with Crippen LogP contribution in [0.5, 0.6) is 0 Å². The summed E-state index contributed by atoms with van der Waals surface area (Å²) in [6.45, 7) is 2.10. The number of aryl methyl sites for hydroxylation is 1. The SMILES string of the molecule is CCc1nc(Br)cs1. The van der Waals surface area contributed by atoms with Crippen LogP contribution < -0.4 is 0 Å².